The quantitative estimate of drug-likeness (QED) is 0.0979. The van der Waals surface area contributed by atoms with Crippen LogP contribution in [0, 0.1) is 23.7 Å². The number of piperidine rings is 2. The largest absolute Gasteiger partial charge is 0.465 e. The van der Waals surface area contributed by atoms with E-state index >= 15 is 0 Å². The number of nitrogens with one attached hydrogen (secondary N) is 4. The fourth-order valence-corrected chi connectivity index (χ4v) is 9.97. The third kappa shape index (κ3) is 6.95. The van der Waals surface area contributed by atoms with Crippen molar-refractivity contribution in [2.45, 2.75) is 61.9 Å². The second-order valence-electron chi connectivity index (χ2n) is 17.0. The standard InChI is InChI=1S/C49H42N8O6/c1-63-49(62)55-42(29-10-6-3-7-11-29)47(59)56-37-22-31(37)24-39(56)44-50-34-18-15-27(21-36(34)52-44)13-12-26-14-17-33-30(20-26)16-19-35-43(33)53-45(51-35)40-25-32-23-38(32)57(40)46(58)41(54-48(60)61)28-8-4-2-5-9-28/h2-11,14-21,31-32,37-42,54H,22-25H2,1H3,(H,50,52)(H,51,53)(H,55,62)(H,60,61)/t31-,32-,37-,38-,39+,40+,41-,42-/m1/s1. The lowest BCUT2D eigenvalue weighted by Crippen LogP contribution is -2.44. The van der Waals surface area contributed by atoms with Crippen LogP contribution in [0.4, 0.5) is 9.59 Å². The van der Waals surface area contributed by atoms with Gasteiger partial charge in [0.15, 0.2) is 0 Å². The summed E-state index contributed by atoms with van der Waals surface area (Å²) in [5.41, 5.74) is 6.18. The molecule has 2 aromatic heterocycles. The van der Waals surface area contributed by atoms with Crippen molar-refractivity contribution in [2.24, 2.45) is 11.8 Å². The number of amides is 4. The van der Waals surface area contributed by atoms with Crippen LogP contribution in [0.5, 0.6) is 0 Å². The maximum absolute atomic E-state index is 14.2. The lowest BCUT2D eigenvalue weighted by Gasteiger charge is -2.30. The number of rotatable bonds is 8. The van der Waals surface area contributed by atoms with Gasteiger partial charge in [-0.3, -0.25) is 9.59 Å². The van der Waals surface area contributed by atoms with E-state index in [1.807, 2.05) is 94.7 Å². The molecule has 0 radical (unpaired) electrons. The minimum absolute atomic E-state index is 0.0571. The van der Waals surface area contributed by atoms with E-state index in [2.05, 4.69) is 32.4 Å². The highest BCUT2D eigenvalue weighted by atomic mass is 16.5. The van der Waals surface area contributed by atoms with Crippen molar-refractivity contribution in [1.29, 1.82) is 0 Å². The maximum Gasteiger partial charge on any atom is 0.407 e. The second-order valence-corrected chi connectivity index (χ2v) is 17.0. The molecule has 11 rings (SSSR count). The van der Waals surface area contributed by atoms with E-state index in [4.69, 9.17) is 14.7 Å². The van der Waals surface area contributed by atoms with Crippen LogP contribution in [0.25, 0.3) is 32.8 Å². The number of fused-ring (bicyclic) bond motifs is 6. The van der Waals surface area contributed by atoms with Gasteiger partial charge in [-0.1, -0.05) is 84.6 Å². The first kappa shape index (κ1) is 38.3. The SMILES string of the molecule is COC(=O)N[C@@H](C(=O)N1[C@@H]2C[C@@H]2C[C@H]1c1nc2ccc(C#Cc3ccc4c(ccc5[nH]c([C@@H]6C[C@H]7C[C@H]7N6C(=O)[C@H](NC(=O)O)c6ccccc6)nc54)c3)cc2[nH]1)c1ccccc1. The number of nitrogens with zero attached hydrogens (tertiary/aromatic N) is 4. The van der Waals surface area contributed by atoms with Crippen molar-refractivity contribution in [3.05, 3.63) is 143 Å². The number of imidazole rings is 2. The van der Waals surface area contributed by atoms with Crippen LogP contribution in [-0.2, 0) is 14.3 Å². The minimum Gasteiger partial charge on any atom is -0.465 e. The molecule has 8 atom stereocenters. The predicted octanol–water partition coefficient (Wildman–Crippen LogP) is 7.42. The number of benzene rings is 5. The normalized spacial score (nSPS) is 22.7. The Balaban J connectivity index is 0.829. The number of aromatic amines is 2. The first-order valence-electron chi connectivity index (χ1n) is 21.2. The van der Waals surface area contributed by atoms with Crippen molar-refractivity contribution in [3.8, 4) is 11.8 Å². The molecule has 4 fully saturated rings. The number of H-pyrrole nitrogens is 2. The van der Waals surface area contributed by atoms with Crippen LogP contribution in [0.2, 0.25) is 0 Å². The summed E-state index contributed by atoms with van der Waals surface area (Å²) in [6, 6.07) is 31.8. The monoisotopic (exact) mass is 838 g/mol. The summed E-state index contributed by atoms with van der Waals surface area (Å²) >= 11 is 0. The molecule has 4 heterocycles. The van der Waals surface area contributed by atoms with E-state index in [1.165, 1.54) is 7.11 Å². The molecule has 314 valence electrons. The number of carbonyl (C=O) groups excluding carboxylic acids is 3. The summed E-state index contributed by atoms with van der Waals surface area (Å²) < 4.78 is 4.87. The Morgan fingerprint density at radius 3 is 1.87 bits per heavy atom. The van der Waals surface area contributed by atoms with Crippen LogP contribution in [0.3, 0.4) is 0 Å². The molecule has 14 nitrogen and oxygen atoms in total. The van der Waals surface area contributed by atoms with Gasteiger partial charge in [-0.05, 0) is 90.4 Å². The van der Waals surface area contributed by atoms with E-state index < -0.39 is 24.3 Å². The van der Waals surface area contributed by atoms with Gasteiger partial charge in [0, 0.05) is 28.6 Å². The summed E-state index contributed by atoms with van der Waals surface area (Å²) in [4.78, 5) is 73.2. The Bertz CT molecular complexity index is 3050. The predicted molar refractivity (Wildman–Crippen MR) is 233 cm³/mol. The molecule has 2 aliphatic heterocycles. The van der Waals surface area contributed by atoms with Crippen molar-refractivity contribution in [1.82, 2.24) is 40.4 Å². The molecule has 14 heteroatoms. The summed E-state index contributed by atoms with van der Waals surface area (Å²) in [6.07, 6.45) is 1.46. The minimum atomic E-state index is -1.25. The molecule has 2 saturated carbocycles. The highest BCUT2D eigenvalue weighted by Gasteiger charge is 2.57. The second kappa shape index (κ2) is 15.1. The highest BCUT2D eigenvalue weighted by molar-refractivity contribution is 6.04. The van der Waals surface area contributed by atoms with Gasteiger partial charge in [-0.25, -0.2) is 19.6 Å². The molecule has 2 aliphatic carbocycles. The number of likely N-dealkylation sites (tertiary alicyclic amines) is 2. The number of hydrogen-bond acceptors (Lipinski definition) is 7. The van der Waals surface area contributed by atoms with E-state index in [1.54, 1.807) is 24.3 Å². The molecule has 0 bridgehead atoms. The topological polar surface area (TPSA) is 186 Å². The van der Waals surface area contributed by atoms with E-state index in [9.17, 15) is 24.3 Å². The van der Waals surface area contributed by atoms with Gasteiger partial charge in [0.25, 0.3) is 11.8 Å². The van der Waals surface area contributed by atoms with E-state index in [0.717, 1.165) is 69.6 Å². The Labute approximate surface area is 361 Å². The van der Waals surface area contributed by atoms with E-state index in [0.29, 0.717) is 34.6 Å². The van der Waals surface area contributed by atoms with Gasteiger partial charge in [0.2, 0.25) is 0 Å². The molecule has 5 N–H and O–H groups in total. The number of ether oxygens (including phenoxy) is 1. The number of carbonyl (C=O) groups is 4. The number of hydrogen-bond donors (Lipinski definition) is 5. The van der Waals surface area contributed by atoms with Crippen molar-refractivity contribution in [3.63, 3.8) is 0 Å². The molecule has 4 aliphatic rings. The fraction of sp³-hybridized carbons (Fsp3) is 0.265. The Kier molecular flexibility index (Phi) is 9.15. The summed E-state index contributed by atoms with van der Waals surface area (Å²) in [6.45, 7) is 0. The number of carboxylic acid groups (broad SMARTS) is 1. The van der Waals surface area contributed by atoms with Crippen LogP contribution < -0.4 is 10.6 Å². The average Bonchev–Trinajstić information content (AvgIpc) is 3.96. The third-order valence-corrected chi connectivity index (χ3v) is 13.2. The zero-order chi connectivity index (χ0) is 42.9. The average molecular weight is 839 g/mol. The Hall–Kier alpha value is -7.66. The fourth-order valence-electron chi connectivity index (χ4n) is 9.97. The van der Waals surface area contributed by atoms with Gasteiger partial charge < -0.3 is 40.2 Å². The molecule has 7 aromatic rings. The van der Waals surface area contributed by atoms with Gasteiger partial charge in [-0.15, -0.1) is 0 Å². The number of alkyl carbamates (subject to hydrolysis) is 1. The number of methoxy groups -OCH3 is 1. The van der Waals surface area contributed by atoms with Crippen molar-refractivity contribution < 1.29 is 29.0 Å². The smallest absolute Gasteiger partial charge is 0.407 e. The molecule has 4 amide bonds. The first-order valence-corrected chi connectivity index (χ1v) is 21.2. The molecule has 5 aromatic carbocycles. The lowest BCUT2D eigenvalue weighted by molar-refractivity contribution is -0.136. The summed E-state index contributed by atoms with van der Waals surface area (Å²) in [7, 11) is 1.29. The summed E-state index contributed by atoms with van der Waals surface area (Å²) in [5.74, 6) is 8.32. The molecule has 0 unspecified atom stereocenters. The van der Waals surface area contributed by atoms with Gasteiger partial charge in [0.1, 0.15) is 23.7 Å². The van der Waals surface area contributed by atoms with Crippen LogP contribution in [0.15, 0.2) is 109 Å². The van der Waals surface area contributed by atoms with Crippen molar-refractivity contribution >= 4 is 56.8 Å². The van der Waals surface area contributed by atoms with E-state index in [-0.39, 0.29) is 36.0 Å². The lowest BCUT2D eigenvalue weighted by atomic mass is 10.0. The molecule has 2 saturated heterocycles. The molecular formula is C49H42N8O6. The number of aromatic nitrogens is 4. The van der Waals surface area contributed by atoms with Gasteiger partial charge in [0.05, 0.1) is 41.3 Å². The van der Waals surface area contributed by atoms with Crippen LogP contribution in [-0.4, -0.2) is 78.0 Å². The maximum atomic E-state index is 14.2. The molecular weight excluding hydrogens is 797 g/mol. The molecule has 0 spiro atoms. The van der Waals surface area contributed by atoms with Crippen LogP contribution in [0.1, 0.15) is 83.8 Å². The van der Waals surface area contributed by atoms with Crippen molar-refractivity contribution in [2.75, 3.05) is 7.11 Å². The summed E-state index contributed by atoms with van der Waals surface area (Å²) in [5, 5.41) is 16.8. The zero-order valence-electron chi connectivity index (χ0n) is 34.1. The van der Waals surface area contributed by atoms with Gasteiger partial charge in [-0.2, -0.15) is 0 Å². The van der Waals surface area contributed by atoms with Gasteiger partial charge >= 0.3 is 12.2 Å². The van der Waals surface area contributed by atoms with Crippen LogP contribution >= 0.6 is 0 Å². The highest BCUT2D eigenvalue weighted by Crippen LogP contribution is 2.55. The first-order chi connectivity index (χ1) is 30.7. The third-order valence-electron chi connectivity index (χ3n) is 13.2. The Morgan fingerprint density at radius 1 is 0.683 bits per heavy atom. The molecule has 63 heavy (non-hydrogen) atoms. The Morgan fingerprint density at radius 2 is 1.25 bits per heavy atom. The zero-order valence-corrected chi connectivity index (χ0v) is 34.1.